The number of hydrogen-bond donors (Lipinski definition) is 2. The fourth-order valence-corrected chi connectivity index (χ4v) is 3.30. The van der Waals surface area contributed by atoms with Crippen LogP contribution in [0, 0.1) is 0 Å². The first kappa shape index (κ1) is 17.2. The van der Waals surface area contributed by atoms with Crippen molar-refractivity contribution in [2.24, 2.45) is 5.73 Å². The summed E-state index contributed by atoms with van der Waals surface area (Å²) in [5, 5.41) is 8.64. The molecule has 5 nitrogen and oxygen atoms in total. The van der Waals surface area contributed by atoms with Crippen LogP contribution in [-0.2, 0) is 14.3 Å². The highest BCUT2D eigenvalue weighted by atomic mass is 16.5. The third-order valence-corrected chi connectivity index (χ3v) is 4.56. The van der Waals surface area contributed by atoms with Gasteiger partial charge >= 0.3 is 11.9 Å². The predicted molar refractivity (Wildman–Crippen MR) is 94.1 cm³/mol. The standard InChI is InChI=1S/C20H21NO4/c21-18(10-5-11-19(22)23)20(24)25-12-17-15-8-3-1-6-13(15)14-7-2-4-9-16(14)17/h1-4,6-9,17-18H,5,10-12,21H2,(H,22,23)/t18-/m0/s1. The van der Waals surface area contributed by atoms with E-state index in [1.54, 1.807) is 0 Å². The maximum Gasteiger partial charge on any atom is 0.322 e. The lowest BCUT2D eigenvalue weighted by Crippen LogP contribution is -2.33. The highest BCUT2D eigenvalue weighted by Crippen LogP contribution is 2.44. The largest absolute Gasteiger partial charge is 0.481 e. The van der Waals surface area contributed by atoms with Crippen LogP contribution in [0.3, 0.4) is 0 Å². The molecule has 130 valence electrons. The van der Waals surface area contributed by atoms with E-state index in [0.717, 1.165) is 11.1 Å². The molecule has 0 aliphatic heterocycles. The molecule has 0 amide bonds. The highest BCUT2D eigenvalue weighted by Gasteiger charge is 2.29. The minimum Gasteiger partial charge on any atom is -0.481 e. The molecule has 3 rings (SSSR count). The minimum atomic E-state index is -0.889. The number of carboxylic acids is 1. The van der Waals surface area contributed by atoms with Gasteiger partial charge in [0.25, 0.3) is 0 Å². The summed E-state index contributed by atoms with van der Waals surface area (Å²) in [6.45, 7) is 0.236. The molecule has 0 fully saturated rings. The van der Waals surface area contributed by atoms with Gasteiger partial charge in [0.05, 0.1) is 0 Å². The average molecular weight is 339 g/mol. The number of carboxylic acid groups (broad SMARTS) is 1. The van der Waals surface area contributed by atoms with Gasteiger partial charge in [-0.05, 0) is 35.1 Å². The van der Waals surface area contributed by atoms with Crippen molar-refractivity contribution in [3.8, 4) is 11.1 Å². The molecule has 0 radical (unpaired) electrons. The number of carbonyl (C=O) groups is 2. The van der Waals surface area contributed by atoms with Crippen molar-refractivity contribution in [1.82, 2.24) is 0 Å². The topological polar surface area (TPSA) is 89.6 Å². The molecule has 5 heteroatoms. The first-order chi connectivity index (χ1) is 12.1. The predicted octanol–water partition coefficient (Wildman–Crippen LogP) is 2.92. The lowest BCUT2D eigenvalue weighted by atomic mass is 9.98. The molecule has 25 heavy (non-hydrogen) atoms. The lowest BCUT2D eigenvalue weighted by Gasteiger charge is -2.16. The minimum absolute atomic E-state index is 0.00238. The monoisotopic (exact) mass is 339 g/mol. The molecule has 0 bridgehead atoms. The van der Waals surface area contributed by atoms with Crippen LogP contribution in [0.25, 0.3) is 11.1 Å². The van der Waals surface area contributed by atoms with E-state index in [4.69, 9.17) is 15.6 Å². The van der Waals surface area contributed by atoms with Crippen molar-refractivity contribution in [3.05, 3.63) is 59.7 Å². The summed E-state index contributed by atoms with van der Waals surface area (Å²) in [4.78, 5) is 22.6. The van der Waals surface area contributed by atoms with Gasteiger partial charge in [-0.3, -0.25) is 9.59 Å². The zero-order valence-corrected chi connectivity index (χ0v) is 13.9. The second-order valence-electron chi connectivity index (χ2n) is 6.25. The summed E-state index contributed by atoms with van der Waals surface area (Å²) < 4.78 is 5.45. The van der Waals surface area contributed by atoms with E-state index in [-0.39, 0.29) is 18.9 Å². The SMILES string of the molecule is N[C@@H](CCCC(=O)O)C(=O)OCC1c2ccccc2-c2ccccc21. The fraction of sp³-hybridized carbons (Fsp3) is 0.300. The molecule has 0 saturated carbocycles. The van der Waals surface area contributed by atoms with Crippen LogP contribution in [0.15, 0.2) is 48.5 Å². The molecule has 0 saturated heterocycles. The Balaban J connectivity index is 1.65. The normalized spacial score (nSPS) is 13.8. The molecule has 0 spiro atoms. The molecule has 1 aliphatic rings. The molecular weight excluding hydrogens is 318 g/mol. The Kier molecular flexibility index (Phi) is 5.14. The van der Waals surface area contributed by atoms with Gasteiger partial charge in [0.2, 0.25) is 0 Å². The summed E-state index contributed by atoms with van der Waals surface area (Å²) in [5.41, 5.74) is 10.5. The molecule has 2 aromatic carbocycles. The van der Waals surface area contributed by atoms with Crippen molar-refractivity contribution in [3.63, 3.8) is 0 Å². The van der Waals surface area contributed by atoms with E-state index < -0.39 is 18.0 Å². The van der Waals surface area contributed by atoms with Gasteiger partial charge in [-0.1, -0.05) is 48.5 Å². The molecule has 1 atom stereocenters. The summed E-state index contributed by atoms with van der Waals surface area (Å²) >= 11 is 0. The molecule has 0 aromatic heterocycles. The maximum absolute atomic E-state index is 12.1. The zero-order valence-electron chi connectivity index (χ0n) is 13.9. The van der Waals surface area contributed by atoms with Gasteiger partial charge in [-0.2, -0.15) is 0 Å². The number of hydrogen-bond acceptors (Lipinski definition) is 4. The zero-order chi connectivity index (χ0) is 17.8. The van der Waals surface area contributed by atoms with Gasteiger partial charge < -0.3 is 15.6 Å². The first-order valence-electron chi connectivity index (χ1n) is 8.40. The fourth-order valence-electron chi connectivity index (χ4n) is 3.30. The van der Waals surface area contributed by atoms with Crippen molar-refractivity contribution < 1.29 is 19.4 Å². The Hall–Kier alpha value is -2.66. The number of aliphatic carboxylic acids is 1. The Bertz CT molecular complexity index is 741. The van der Waals surface area contributed by atoms with E-state index in [1.807, 2.05) is 24.3 Å². The van der Waals surface area contributed by atoms with Crippen molar-refractivity contribution in [2.75, 3.05) is 6.61 Å². The van der Waals surface area contributed by atoms with Crippen LogP contribution < -0.4 is 5.73 Å². The number of carbonyl (C=O) groups excluding carboxylic acids is 1. The van der Waals surface area contributed by atoms with Crippen LogP contribution in [0.2, 0.25) is 0 Å². The van der Waals surface area contributed by atoms with Crippen molar-refractivity contribution >= 4 is 11.9 Å². The average Bonchev–Trinajstić information content (AvgIpc) is 2.93. The van der Waals surface area contributed by atoms with Crippen LogP contribution in [0.1, 0.15) is 36.3 Å². The number of ether oxygens (including phenoxy) is 1. The van der Waals surface area contributed by atoms with Gasteiger partial charge in [-0.15, -0.1) is 0 Å². The van der Waals surface area contributed by atoms with Crippen molar-refractivity contribution in [2.45, 2.75) is 31.2 Å². The number of fused-ring (bicyclic) bond motifs is 3. The molecular formula is C20H21NO4. The van der Waals surface area contributed by atoms with Gasteiger partial charge in [0, 0.05) is 12.3 Å². The van der Waals surface area contributed by atoms with E-state index in [2.05, 4.69) is 24.3 Å². The number of benzene rings is 2. The molecule has 2 aromatic rings. The van der Waals surface area contributed by atoms with Crippen LogP contribution in [0.5, 0.6) is 0 Å². The number of esters is 1. The maximum atomic E-state index is 12.1. The van der Waals surface area contributed by atoms with E-state index in [0.29, 0.717) is 12.8 Å². The van der Waals surface area contributed by atoms with Gasteiger partial charge in [0.1, 0.15) is 12.6 Å². The Morgan fingerprint density at radius 2 is 1.60 bits per heavy atom. The second-order valence-corrected chi connectivity index (χ2v) is 6.25. The molecule has 1 aliphatic carbocycles. The third-order valence-electron chi connectivity index (χ3n) is 4.56. The van der Waals surface area contributed by atoms with Gasteiger partial charge in [0.15, 0.2) is 0 Å². The second kappa shape index (κ2) is 7.49. The Labute approximate surface area is 146 Å². The van der Waals surface area contributed by atoms with E-state index in [1.165, 1.54) is 11.1 Å². The summed E-state index contributed by atoms with van der Waals surface area (Å²) in [6.07, 6.45) is 0.675. The smallest absolute Gasteiger partial charge is 0.322 e. The number of rotatable bonds is 7. The summed E-state index contributed by atoms with van der Waals surface area (Å²) in [7, 11) is 0. The Morgan fingerprint density at radius 3 is 2.16 bits per heavy atom. The van der Waals surface area contributed by atoms with Gasteiger partial charge in [-0.25, -0.2) is 0 Å². The van der Waals surface area contributed by atoms with E-state index >= 15 is 0 Å². The van der Waals surface area contributed by atoms with Crippen LogP contribution in [0.4, 0.5) is 0 Å². The highest BCUT2D eigenvalue weighted by molar-refractivity contribution is 5.79. The summed E-state index contributed by atoms with van der Waals surface area (Å²) in [6, 6.07) is 15.5. The quantitative estimate of drug-likeness (QED) is 0.757. The van der Waals surface area contributed by atoms with E-state index in [9.17, 15) is 9.59 Å². The number of nitrogens with two attached hydrogens (primary N) is 1. The molecule has 0 unspecified atom stereocenters. The summed E-state index contributed by atoms with van der Waals surface area (Å²) in [5.74, 6) is -1.37. The van der Waals surface area contributed by atoms with Crippen molar-refractivity contribution in [1.29, 1.82) is 0 Å². The van der Waals surface area contributed by atoms with Crippen LogP contribution >= 0.6 is 0 Å². The van der Waals surface area contributed by atoms with Crippen LogP contribution in [-0.4, -0.2) is 29.7 Å². The third kappa shape index (κ3) is 3.72. The molecule has 0 heterocycles. The first-order valence-corrected chi connectivity index (χ1v) is 8.40. The molecule has 3 N–H and O–H groups in total. The lowest BCUT2D eigenvalue weighted by molar-refractivity contribution is -0.146. The Morgan fingerprint density at radius 1 is 1.04 bits per heavy atom.